The van der Waals surface area contributed by atoms with E-state index in [1.165, 1.54) is 0 Å². The number of amides is 2. The topological polar surface area (TPSA) is 58.6 Å². The van der Waals surface area contributed by atoms with Crippen molar-refractivity contribution in [3.05, 3.63) is 35.9 Å². The number of rotatable bonds is 5. The molecule has 1 aromatic carbocycles. The van der Waals surface area contributed by atoms with Crippen LogP contribution in [0.25, 0.3) is 0 Å². The van der Waals surface area contributed by atoms with Crippen molar-refractivity contribution in [3.8, 4) is 0 Å². The van der Waals surface area contributed by atoms with Crippen LogP contribution < -0.4 is 5.32 Å². The summed E-state index contributed by atoms with van der Waals surface area (Å²) in [7, 11) is 3.38. The zero-order chi connectivity index (χ0) is 15.2. The molecular weight excluding hydrogens is 268 g/mol. The fourth-order valence-corrected chi connectivity index (χ4v) is 2.83. The van der Waals surface area contributed by atoms with Crippen molar-refractivity contribution in [2.45, 2.75) is 18.9 Å². The van der Waals surface area contributed by atoms with Crippen LogP contribution in [-0.2, 0) is 14.3 Å². The van der Waals surface area contributed by atoms with Gasteiger partial charge in [-0.3, -0.25) is 9.59 Å². The van der Waals surface area contributed by atoms with Crippen molar-refractivity contribution in [1.29, 1.82) is 0 Å². The summed E-state index contributed by atoms with van der Waals surface area (Å²) in [5.41, 5.74) is 1.000. The lowest BCUT2D eigenvalue weighted by molar-refractivity contribution is -0.141. The Morgan fingerprint density at radius 3 is 2.76 bits per heavy atom. The summed E-state index contributed by atoms with van der Waals surface area (Å²) in [4.78, 5) is 26.1. The van der Waals surface area contributed by atoms with Gasteiger partial charge in [0, 0.05) is 27.1 Å². The highest BCUT2D eigenvalue weighted by molar-refractivity contribution is 5.84. The van der Waals surface area contributed by atoms with Crippen molar-refractivity contribution < 1.29 is 14.3 Å². The van der Waals surface area contributed by atoms with Gasteiger partial charge in [0.15, 0.2) is 0 Å². The molecule has 0 radical (unpaired) electrons. The number of likely N-dealkylation sites (tertiary alicyclic amines) is 1. The lowest BCUT2D eigenvalue weighted by Crippen LogP contribution is -2.46. The van der Waals surface area contributed by atoms with E-state index in [4.69, 9.17) is 4.74 Å². The molecule has 0 saturated carbocycles. The van der Waals surface area contributed by atoms with Crippen LogP contribution in [0.3, 0.4) is 0 Å². The second-order valence-electron chi connectivity index (χ2n) is 5.29. The molecule has 2 amide bonds. The van der Waals surface area contributed by atoms with Crippen LogP contribution in [0.15, 0.2) is 30.3 Å². The van der Waals surface area contributed by atoms with Crippen molar-refractivity contribution in [1.82, 2.24) is 10.2 Å². The quantitative estimate of drug-likeness (QED) is 0.833. The van der Waals surface area contributed by atoms with Crippen molar-refractivity contribution in [3.63, 3.8) is 0 Å². The number of nitrogens with zero attached hydrogens (tertiary/aromatic N) is 1. The molecule has 1 fully saturated rings. The van der Waals surface area contributed by atoms with Gasteiger partial charge < -0.3 is 15.0 Å². The highest BCUT2D eigenvalue weighted by Gasteiger charge is 2.38. The molecular formula is C16H22N2O3. The minimum absolute atomic E-state index is 0.0137. The number of nitrogens with one attached hydrogen (secondary N) is 1. The normalized spacial score (nSPS) is 22.2. The average molecular weight is 290 g/mol. The molecule has 1 heterocycles. The third kappa shape index (κ3) is 3.61. The second kappa shape index (κ2) is 7.22. The van der Waals surface area contributed by atoms with E-state index in [1.807, 2.05) is 30.3 Å². The summed E-state index contributed by atoms with van der Waals surface area (Å²) in [5, 5.41) is 2.89. The first-order valence-corrected chi connectivity index (χ1v) is 7.22. The van der Waals surface area contributed by atoms with E-state index < -0.39 is 0 Å². The van der Waals surface area contributed by atoms with Crippen molar-refractivity contribution >= 4 is 11.8 Å². The molecule has 2 rings (SSSR count). The standard InChI is InChI=1S/C16H22N2O3/c1-18-14(19)9-8-13(16(20)17-10-11-21-2)15(18)12-6-4-3-5-7-12/h3-7,13,15H,8-11H2,1-2H3,(H,17,20). The van der Waals surface area contributed by atoms with Crippen LogP contribution in [0.1, 0.15) is 24.4 Å². The highest BCUT2D eigenvalue weighted by Crippen LogP contribution is 2.35. The molecule has 0 bridgehead atoms. The molecule has 5 heteroatoms. The summed E-state index contributed by atoms with van der Waals surface area (Å²) in [6.07, 6.45) is 1.00. The predicted molar refractivity (Wildman–Crippen MR) is 79.6 cm³/mol. The maximum Gasteiger partial charge on any atom is 0.225 e. The SMILES string of the molecule is COCCNC(=O)C1CCC(=O)N(C)C1c1ccccc1. The number of piperidine rings is 1. The zero-order valence-electron chi connectivity index (χ0n) is 12.5. The number of benzene rings is 1. The average Bonchev–Trinajstić information content (AvgIpc) is 2.50. The molecule has 0 spiro atoms. The molecule has 2 unspecified atom stereocenters. The lowest BCUT2D eigenvalue weighted by atomic mass is 9.84. The molecule has 1 saturated heterocycles. The summed E-state index contributed by atoms with van der Waals surface area (Å²) >= 11 is 0. The van der Waals surface area contributed by atoms with Crippen LogP contribution >= 0.6 is 0 Å². The monoisotopic (exact) mass is 290 g/mol. The van der Waals surface area contributed by atoms with E-state index in [1.54, 1.807) is 19.1 Å². The zero-order valence-corrected chi connectivity index (χ0v) is 12.5. The van der Waals surface area contributed by atoms with Gasteiger partial charge in [0.2, 0.25) is 11.8 Å². The number of carbonyl (C=O) groups is 2. The molecule has 1 N–H and O–H groups in total. The summed E-state index contributed by atoms with van der Waals surface area (Å²) in [6, 6.07) is 9.53. The highest BCUT2D eigenvalue weighted by atomic mass is 16.5. The maximum atomic E-state index is 12.4. The predicted octanol–water partition coefficient (Wildman–Crippen LogP) is 1.36. The third-order valence-electron chi connectivity index (χ3n) is 3.94. The lowest BCUT2D eigenvalue weighted by Gasteiger charge is -2.38. The molecule has 0 aromatic heterocycles. The number of methoxy groups -OCH3 is 1. The Hall–Kier alpha value is -1.88. The van der Waals surface area contributed by atoms with Gasteiger partial charge in [0.05, 0.1) is 18.6 Å². The number of hydrogen-bond donors (Lipinski definition) is 1. The van der Waals surface area contributed by atoms with Gasteiger partial charge in [-0.25, -0.2) is 0 Å². The van der Waals surface area contributed by atoms with Crippen LogP contribution in [0, 0.1) is 5.92 Å². The Morgan fingerprint density at radius 1 is 1.38 bits per heavy atom. The van der Waals surface area contributed by atoms with Gasteiger partial charge >= 0.3 is 0 Å². The van der Waals surface area contributed by atoms with Gasteiger partial charge in [-0.05, 0) is 12.0 Å². The Kier molecular flexibility index (Phi) is 5.33. The van der Waals surface area contributed by atoms with E-state index in [2.05, 4.69) is 5.32 Å². The molecule has 1 aliphatic heterocycles. The van der Waals surface area contributed by atoms with Crippen molar-refractivity contribution in [2.75, 3.05) is 27.3 Å². The summed E-state index contributed by atoms with van der Waals surface area (Å²) in [5.74, 6) is -0.142. The number of ether oxygens (including phenoxy) is 1. The Bertz CT molecular complexity index is 490. The third-order valence-corrected chi connectivity index (χ3v) is 3.94. The Morgan fingerprint density at radius 2 is 2.10 bits per heavy atom. The van der Waals surface area contributed by atoms with Gasteiger partial charge in [-0.1, -0.05) is 30.3 Å². The van der Waals surface area contributed by atoms with Crippen LogP contribution in [0.2, 0.25) is 0 Å². The van der Waals surface area contributed by atoms with E-state index in [0.717, 1.165) is 5.56 Å². The van der Waals surface area contributed by atoms with Crippen LogP contribution in [-0.4, -0.2) is 44.0 Å². The van der Waals surface area contributed by atoms with Crippen LogP contribution in [0.5, 0.6) is 0 Å². The molecule has 2 atom stereocenters. The number of carbonyl (C=O) groups excluding carboxylic acids is 2. The van der Waals surface area contributed by atoms with E-state index in [-0.39, 0.29) is 23.8 Å². The molecule has 1 aliphatic rings. The number of hydrogen-bond acceptors (Lipinski definition) is 3. The van der Waals surface area contributed by atoms with Crippen molar-refractivity contribution in [2.24, 2.45) is 5.92 Å². The van der Waals surface area contributed by atoms with Crippen LogP contribution in [0.4, 0.5) is 0 Å². The molecule has 0 aliphatic carbocycles. The summed E-state index contributed by atoms with van der Waals surface area (Å²) in [6.45, 7) is 0.980. The Balaban J connectivity index is 2.17. The minimum atomic E-state index is -0.216. The van der Waals surface area contributed by atoms with Gasteiger partial charge in [0.25, 0.3) is 0 Å². The maximum absolute atomic E-state index is 12.4. The van der Waals surface area contributed by atoms with E-state index in [0.29, 0.717) is 26.0 Å². The summed E-state index contributed by atoms with van der Waals surface area (Å²) < 4.78 is 4.95. The molecule has 1 aromatic rings. The van der Waals surface area contributed by atoms with Gasteiger partial charge in [-0.15, -0.1) is 0 Å². The fourth-order valence-electron chi connectivity index (χ4n) is 2.83. The Labute approximate surface area is 125 Å². The molecule has 21 heavy (non-hydrogen) atoms. The first-order chi connectivity index (χ1) is 10.1. The smallest absolute Gasteiger partial charge is 0.225 e. The molecule has 5 nitrogen and oxygen atoms in total. The first kappa shape index (κ1) is 15.5. The second-order valence-corrected chi connectivity index (χ2v) is 5.29. The largest absolute Gasteiger partial charge is 0.383 e. The van der Waals surface area contributed by atoms with Gasteiger partial charge in [0.1, 0.15) is 0 Å². The van der Waals surface area contributed by atoms with E-state index >= 15 is 0 Å². The van der Waals surface area contributed by atoms with E-state index in [9.17, 15) is 9.59 Å². The van der Waals surface area contributed by atoms with Gasteiger partial charge in [-0.2, -0.15) is 0 Å². The molecule has 114 valence electrons. The first-order valence-electron chi connectivity index (χ1n) is 7.22. The fraction of sp³-hybridized carbons (Fsp3) is 0.500. The minimum Gasteiger partial charge on any atom is -0.383 e.